The number of hydrogen-bond donors (Lipinski definition) is 0. The Balaban J connectivity index is 1.84. The predicted molar refractivity (Wildman–Crippen MR) is 86.7 cm³/mol. The van der Waals surface area contributed by atoms with E-state index in [0.29, 0.717) is 5.56 Å². The molecule has 5 heteroatoms. The number of likely N-dealkylation sites (tertiary alicyclic amines) is 1. The number of carbonyl (C=O) groups is 1. The molecule has 1 unspecified atom stereocenters. The second-order valence-corrected chi connectivity index (χ2v) is 6.10. The topological polar surface area (TPSA) is 38.1 Å². The molecule has 0 bridgehead atoms. The third-order valence-electron chi connectivity index (χ3n) is 4.40. The van der Waals surface area contributed by atoms with Gasteiger partial charge in [0.15, 0.2) is 0 Å². The molecule has 4 nitrogen and oxygen atoms in total. The number of amides is 1. The highest BCUT2D eigenvalue weighted by Gasteiger charge is 2.32. The highest BCUT2D eigenvalue weighted by atomic mass is 19.1. The number of rotatable bonds is 4. The zero-order chi connectivity index (χ0) is 16.4. The van der Waals surface area contributed by atoms with Crippen LogP contribution in [-0.4, -0.2) is 27.1 Å². The van der Waals surface area contributed by atoms with Crippen molar-refractivity contribution in [3.05, 3.63) is 53.1 Å². The molecule has 1 saturated heterocycles. The van der Waals surface area contributed by atoms with E-state index in [9.17, 15) is 9.18 Å². The molecule has 122 valence electrons. The van der Waals surface area contributed by atoms with Gasteiger partial charge < -0.3 is 4.90 Å². The van der Waals surface area contributed by atoms with Crippen LogP contribution in [0.3, 0.4) is 0 Å². The van der Waals surface area contributed by atoms with Gasteiger partial charge in [-0.25, -0.2) is 4.39 Å². The summed E-state index contributed by atoms with van der Waals surface area (Å²) in [7, 11) is 0. The third kappa shape index (κ3) is 3.14. The van der Waals surface area contributed by atoms with Gasteiger partial charge in [0.05, 0.1) is 17.3 Å². The van der Waals surface area contributed by atoms with Gasteiger partial charge in [0, 0.05) is 19.3 Å². The maximum absolute atomic E-state index is 13.1. The van der Waals surface area contributed by atoms with Crippen LogP contribution in [0.15, 0.2) is 30.5 Å². The third-order valence-corrected chi connectivity index (χ3v) is 4.40. The minimum absolute atomic E-state index is 0.0247. The monoisotopic (exact) mass is 315 g/mol. The molecule has 1 aliphatic rings. The number of halogens is 1. The molecule has 1 aliphatic heterocycles. The van der Waals surface area contributed by atoms with E-state index in [4.69, 9.17) is 0 Å². The maximum Gasteiger partial charge on any atom is 0.257 e. The summed E-state index contributed by atoms with van der Waals surface area (Å²) in [5.41, 5.74) is 2.44. The van der Waals surface area contributed by atoms with Crippen molar-refractivity contribution < 1.29 is 9.18 Å². The standard InChI is InChI=1S/C18H22FN3O/c1-3-10-21-12-16(13(2)20-21)18(23)22-11-4-5-17(22)14-6-8-15(19)9-7-14/h6-9,12,17H,3-5,10-11H2,1-2H3. The average molecular weight is 315 g/mol. The SMILES string of the molecule is CCCn1cc(C(=O)N2CCCC2c2ccc(F)cc2)c(C)n1. The lowest BCUT2D eigenvalue weighted by Crippen LogP contribution is -2.30. The van der Waals surface area contributed by atoms with Gasteiger partial charge in [-0.2, -0.15) is 5.10 Å². The van der Waals surface area contributed by atoms with Crippen molar-refractivity contribution in [1.29, 1.82) is 0 Å². The van der Waals surface area contributed by atoms with Crippen LogP contribution in [0.5, 0.6) is 0 Å². The van der Waals surface area contributed by atoms with Crippen LogP contribution in [0.2, 0.25) is 0 Å². The Morgan fingerprint density at radius 1 is 1.35 bits per heavy atom. The molecular weight excluding hydrogens is 293 g/mol. The fraction of sp³-hybridized carbons (Fsp3) is 0.444. The molecule has 0 radical (unpaired) electrons. The van der Waals surface area contributed by atoms with Crippen molar-refractivity contribution >= 4 is 5.91 Å². The molecule has 0 saturated carbocycles. The summed E-state index contributed by atoms with van der Waals surface area (Å²) < 4.78 is 15.0. The molecular formula is C18H22FN3O. The van der Waals surface area contributed by atoms with Crippen LogP contribution in [0.25, 0.3) is 0 Å². The fourth-order valence-electron chi connectivity index (χ4n) is 3.27. The van der Waals surface area contributed by atoms with Crippen molar-refractivity contribution in [2.45, 2.75) is 45.7 Å². The fourth-order valence-corrected chi connectivity index (χ4v) is 3.27. The summed E-state index contributed by atoms with van der Waals surface area (Å²) in [6, 6.07) is 6.50. The number of nitrogens with zero attached hydrogens (tertiary/aromatic N) is 3. The first-order valence-corrected chi connectivity index (χ1v) is 8.20. The largest absolute Gasteiger partial charge is 0.331 e. The van der Waals surface area contributed by atoms with Crippen molar-refractivity contribution in [3.63, 3.8) is 0 Å². The van der Waals surface area contributed by atoms with Crippen LogP contribution in [0, 0.1) is 12.7 Å². The summed E-state index contributed by atoms with van der Waals surface area (Å²) in [6.07, 6.45) is 4.72. The van der Waals surface area contributed by atoms with E-state index in [0.717, 1.165) is 43.6 Å². The van der Waals surface area contributed by atoms with Crippen LogP contribution in [0.1, 0.15) is 53.8 Å². The van der Waals surface area contributed by atoms with E-state index >= 15 is 0 Å². The lowest BCUT2D eigenvalue weighted by Gasteiger charge is -2.25. The van der Waals surface area contributed by atoms with E-state index in [1.807, 2.05) is 22.7 Å². The Morgan fingerprint density at radius 3 is 2.78 bits per heavy atom. The second-order valence-electron chi connectivity index (χ2n) is 6.10. The van der Waals surface area contributed by atoms with Crippen molar-refractivity contribution in [1.82, 2.24) is 14.7 Å². The van der Waals surface area contributed by atoms with E-state index in [1.165, 1.54) is 12.1 Å². The van der Waals surface area contributed by atoms with E-state index in [1.54, 1.807) is 12.1 Å². The van der Waals surface area contributed by atoms with Crippen molar-refractivity contribution in [3.8, 4) is 0 Å². The molecule has 3 rings (SSSR count). The summed E-state index contributed by atoms with van der Waals surface area (Å²) in [6.45, 7) is 5.51. The van der Waals surface area contributed by atoms with Crippen molar-refractivity contribution in [2.24, 2.45) is 0 Å². The summed E-state index contributed by atoms with van der Waals surface area (Å²) in [4.78, 5) is 14.8. The molecule has 2 heterocycles. The Bertz CT molecular complexity index is 693. The van der Waals surface area contributed by atoms with E-state index in [2.05, 4.69) is 12.0 Å². The van der Waals surface area contributed by atoms with Gasteiger partial charge >= 0.3 is 0 Å². The van der Waals surface area contributed by atoms with Gasteiger partial charge in [-0.05, 0) is 43.9 Å². The molecule has 0 spiro atoms. The smallest absolute Gasteiger partial charge is 0.257 e. The first-order valence-electron chi connectivity index (χ1n) is 8.20. The van der Waals surface area contributed by atoms with Gasteiger partial charge in [0.25, 0.3) is 5.91 Å². The van der Waals surface area contributed by atoms with Gasteiger partial charge in [-0.15, -0.1) is 0 Å². The zero-order valence-electron chi connectivity index (χ0n) is 13.6. The second kappa shape index (κ2) is 6.52. The Hall–Kier alpha value is -2.17. The quantitative estimate of drug-likeness (QED) is 0.862. The molecule has 1 atom stereocenters. The molecule has 1 aromatic heterocycles. The average Bonchev–Trinajstić information content (AvgIpc) is 3.15. The van der Waals surface area contributed by atoms with Crippen LogP contribution < -0.4 is 0 Å². The minimum Gasteiger partial charge on any atom is -0.331 e. The summed E-state index contributed by atoms with van der Waals surface area (Å²) >= 11 is 0. The Labute approximate surface area is 135 Å². The number of aryl methyl sites for hydroxylation is 2. The van der Waals surface area contributed by atoms with Crippen LogP contribution in [0.4, 0.5) is 4.39 Å². The lowest BCUT2D eigenvalue weighted by atomic mass is 10.0. The Morgan fingerprint density at radius 2 is 2.09 bits per heavy atom. The Kier molecular flexibility index (Phi) is 4.46. The number of hydrogen-bond acceptors (Lipinski definition) is 2. The van der Waals surface area contributed by atoms with Gasteiger partial charge in [-0.3, -0.25) is 9.48 Å². The molecule has 23 heavy (non-hydrogen) atoms. The number of aromatic nitrogens is 2. The van der Waals surface area contributed by atoms with Crippen molar-refractivity contribution in [2.75, 3.05) is 6.54 Å². The van der Waals surface area contributed by atoms with E-state index in [-0.39, 0.29) is 17.8 Å². The molecule has 0 aliphatic carbocycles. The molecule has 2 aromatic rings. The van der Waals surface area contributed by atoms with Crippen LogP contribution in [-0.2, 0) is 6.54 Å². The van der Waals surface area contributed by atoms with E-state index < -0.39 is 0 Å². The molecule has 1 amide bonds. The number of carbonyl (C=O) groups excluding carboxylic acids is 1. The lowest BCUT2D eigenvalue weighted by molar-refractivity contribution is 0.0735. The van der Waals surface area contributed by atoms with Gasteiger partial charge in [0.1, 0.15) is 5.82 Å². The first kappa shape index (κ1) is 15.7. The molecule has 1 fully saturated rings. The zero-order valence-corrected chi connectivity index (χ0v) is 13.6. The van der Waals surface area contributed by atoms with Crippen LogP contribution >= 0.6 is 0 Å². The normalized spacial score (nSPS) is 17.7. The predicted octanol–water partition coefficient (Wildman–Crippen LogP) is 3.72. The number of benzene rings is 1. The first-order chi connectivity index (χ1) is 11.1. The molecule has 0 N–H and O–H groups in total. The minimum atomic E-state index is -0.249. The van der Waals surface area contributed by atoms with Gasteiger partial charge in [-0.1, -0.05) is 19.1 Å². The highest BCUT2D eigenvalue weighted by Crippen LogP contribution is 2.33. The molecule has 1 aromatic carbocycles. The van der Waals surface area contributed by atoms with Gasteiger partial charge in [0.2, 0.25) is 0 Å². The summed E-state index contributed by atoms with van der Waals surface area (Å²) in [5, 5.41) is 4.42. The highest BCUT2D eigenvalue weighted by molar-refractivity contribution is 5.95. The maximum atomic E-state index is 13.1. The summed E-state index contributed by atoms with van der Waals surface area (Å²) in [5.74, 6) is -0.224.